The van der Waals surface area contributed by atoms with Crippen LogP contribution in [0.3, 0.4) is 0 Å². The predicted molar refractivity (Wildman–Crippen MR) is 88.8 cm³/mol. The first-order chi connectivity index (χ1) is 10.6. The Hall–Kier alpha value is -2.21. The quantitative estimate of drug-likeness (QED) is 0.797. The number of nitrogens with one attached hydrogen (secondary N) is 2. The van der Waals surface area contributed by atoms with Gasteiger partial charge in [-0.3, -0.25) is 9.99 Å². The molecule has 0 aliphatic heterocycles. The molecule has 0 radical (unpaired) electrons. The maximum Gasteiger partial charge on any atom is 0.352 e. The van der Waals surface area contributed by atoms with Gasteiger partial charge in [-0.15, -0.1) is 0 Å². The van der Waals surface area contributed by atoms with Gasteiger partial charge >= 0.3 is 5.69 Å². The van der Waals surface area contributed by atoms with Crippen molar-refractivity contribution in [2.24, 2.45) is 7.05 Å². The van der Waals surface area contributed by atoms with Crippen molar-refractivity contribution in [3.63, 3.8) is 0 Å². The standard InChI is InChI=1S/C16H23N5O/c1-5-11-9-8-10-12(6-2)13(11)14-18-15(20-17-7-3)19-16(22)21(14)4/h8-10,17H,5-7H2,1-4H3,(H,19,20,22). The minimum Gasteiger partial charge on any atom is -0.289 e. The molecule has 1 aromatic heterocycles. The summed E-state index contributed by atoms with van der Waals surface area (Å²) in [6.07, 6.45) is 1.77. The van der Waals surface area contributed by atoms with Crippen LogP contribution < -0.4 is 16.5 Å². The Morgan fingerprint density at radius 3 is 2.27 bits per heavy atom. The molecule has 0 unspecified atom stereocenters. The first-order valence-electron chi connectivity index (χ1n) is 7.67. The van der Waals surface area contributed by atoms with Gasteiger partial charge in [0.1, 0.15) is 5.82 Å². The van der Waals surface area contributed by atoms with E-state index < -0.39 is 0 Å². The van der Waals surface area contributed by atoms with Gasteiger partial charge in [0, 0.05) is 19.2 Å². The summed E-state index contributed by atoms with van der Waals surface area (Å²) in [5.41, 5.74) is 8.87. The van der Waals surface area contributed by atoms with Gasteiger partial charge in [-0.05, 0) is 24.0 Å². The summed E-state index contributed by atoms with van der Waals surface area (Å²) in [4.78, 5) is 20.6. The lowest BCUT2D eigenvalue weighted by Gasteiger charge is -2.16. The number of anilines is 1. The lowest BCUT2D eigenvalue weighted by atomic mass is 9.97. The van der Waals surface area contributed by atoms with E-state index in [9.17, 15) is 4.79 Å². The molecule has 2 rings (SSSR count). The minimum absolute atomic E-state index is 0.299. The van der Waals surface area contributed by atoms with E-state index in [1.165, 1.54) is 15.7 Å². The molecule has 0 amide bonds. The summed E-state index contributed by atoms with van der Waals surface area (Å²) in [5, 5.41) is 0. The van der Waals surface area contributed by atoms with Crippen LogP contribution in [0.15, 0.2) is 23.0 Å². The molecule has 6 heteroatoms. The Morgan fingerprint density at radius 1 is 1.09 bits per heavy atom. The molecule has 2 aromatic rings. The average Bonchev–Trinajstić information content (AvgIpc) is 2.55. The van der Waals surface area contributed by atoms with Crippen molar-refractivity contribution in [1.82, 2.24) is 20.0 Å². The smallest absolute Gasteiger partial charge is 0.289 e. The van der Waals surface area contributed by atoms with Gasteiger partial charge in [0.25, 0.3) is 0 Å². The Morgan fingerprint density at radius 2 is 1.73 bits per heavy atom. The SMILES string of the molecule is CCNNc1nc(-c2c(CC)cccc2CC)n(C)c(=O)n1. The molecule has 0 aliphatic rings. The predicted octanol–water partition coefficient (Wildman–Crippen LogP) is 1.90. The number of benzene rings is 1. The molecule has 0 spiro atoms. The molecular weight excluding hydrogens is 278 g/mol. The van der Waals surface area contributed by atoms with E-state index in [4.69, 9.17) is 0 Å². The lowest BCUT2D eigenvalue weighted by molar-refractivity contribution is 0.758. The molecule has 0 atom stereocenters. The number of rotatable bonds is 6. The van der Waals surface area contributed by atoms with Crippen LogP contribution in [-0.2, 0) is 19.9 Å². The van der Waals surface area contributed by atoms with E-state index in [2.05, 4.69) is 52.9 Å². The molecule has 1 aromatic carbocycles. The third kappa shape index (κ3) is 3.17. The molecular formula is C16H23N5O. The van der Waals surface area contributed by atoms with Crippen LogP contribution in [0.1, 0.15) is 31.9 Å². The monoisotopic (exact) mass is 301 g/mol. The normalized spacial score (nSPS) is 10.7. The molecule has 0 bridgehead atoms. The molecule has 6 nitrogen and oxygen atoms in total. The van der Waals surface area contributed by atoms with Gasteiger partial charge in [-0.2, -0.15) is 9.97 Å². The van der Waals surface area contributed by atoms with Crippen LogP contribution in [0.25, 0.3) is 11.4 Å². The van der Waals surface area contributed by atoms with Crippen LogP contribution in [0.2, 0.25) is 0 Å². The highest BCUT2D eigenvalue weighted by Crippen LogP contribution is 2.26. The summed E-state index contributed by atoms with van der Waals surface area (Å²) < 4.78 is 1.50. The van der Waals surface area contributed by atoms with Crippen molar-refractivity contribution >= 4 is 5.95 Å². The minimum atomic E-state index is -0.321. The second-order valence-corrected chi connectivity index (χ2v) is 5.03. The van der Waals surface area contributed by atoms with Crippen molar-refractivity contribution in [1.29, 1.82) is 0 Å². The molecule has 0 fully saturated rings. The fourth-order valence-corrected chi connectivity index (χ4v) is 2.43. The summed E-state index contributed by atoms with van der Waals surface area (Å²) in [5.74, 6) is 0.947. The highest BCUT2D eigenvalue weighted by Gasteiger charge is 2.15. The van der Waals surface area contributed by atoms with E-state index in [1.54, 1.807) is 7.05 Å². The number of hydrogen-bond donors (Lipinski definition) is 2. The first-order valence-corrected chi connectivity index (χ1v) is 7.67. The van der Waals surface area contributed by atoms with Crippen LogP contribution >= 0.6 is 0 Å². The number of aromatic nitrogens is 3. The van der Waals surface area contributed by atoms with Crippen molar-refractivity contribution in [2.45, 2.75) is 33.6 Å². The van der Waals surface area contributed by atoms with E-state index in [-0.39, 0.29) is 5.69 Å². The maximum absolute atomic E-state index is 12.1. The third-order valence-electron chi connectivity index (χ3n) is 3.62. The van der Waals surface area contributed by atoms with Gasteiger partial charge < -0.3 is 0 Å². The van der Waals surface area contributed by atoms with Gasteiger partial charge in [0.2, 0.25) is 5.95 Å². The molecule has 118 valence electrons. The zero-order chi connectivity index (χ0) is 16.1. The van der Waals surface area contributed by atoms with Crippen molar-refractivity contribution in [3.05, 3.63) is 39.8 Å². The second kappa shape index (κ2) is 7.17. The van der Waals surface area contributed by atoms with Crippen LogP contribution in [0, 0.1) is 0 Å². The van der Waals surface area contributed by atoms with Gasteiger partial charge in [-0.25, -0.2) is 10.2 Å². The summed E-state index contributed by atoms with van der Waals surface area (Å²) >= 11 is 0. The molecule has 2 N–H and O–H groups in total. The van der Waals surface area contributed by atoms with E-state index in [0.717, 1.165) is 18.4 Å². The van der Waals surface area contributed by atoms with E-state index >= 15 is 0 Å². The lowest BCUT2D eigenvalue weighted by Crippen LogP contribution is -2.29. The topological polar surface area (TPSA) is 71.8 Å². The van der Waals surface area contributed by atoms with Gasteiger partial charge in [0.15, 0.2) is 0 Å². The van der Waals surface area contributed by atoms with Crippen LogP contribution in [0.4, 0.5) is 5.95 Å². The molecule has 22 heavy (non-hydrogen) atoms. The second-order valence-electron chi connectivity index (χ2n) is 5.03. The highest BCUT2D eigenvalue weighted by atomic mass is 16.1. The zero-order valence-electron chi connectivity index (χ0n) is 13.6. The van der Waals surface area contributed by atoms with Crippen molar-refractivity contribution < 1.29 is 0 Å². The summed E-state index contributed by atoms with van der Waals surface area (Å²) in [7, 11) is 1.71. The Kier molecular flexibility index (Phi) is 5.27. The largest absolute Gasteiger partial charge is 0.352 e. The number of nitrogens with zero attached hydrogens (tertiary/aromatic N) is 3. The van der Waals surface area contributed by atoms with Crippen LogP contribution in [-0.4, -0.2) is 21.1 Å². The van der Waals surface area contributed by atoms with Crippen molar-refractivity contribution in [3.8, 4) is 11.4 Å². The van der Waals surface area contributed by atoms with Gasteiger partial charge in [-0.1, -0.05) is 39.0 Å². The number of hydrazine groups is 1. The van der Waals surface area contributed by atoms with Gasteiger partial charge in [0.05, 0.1) is 0 Å². The Labute approximate surface area is 130 Å². The van der Waals surface area contributed by atoms with Crippen molar-refractivity contribution in [2.75, 3.05) is 12.0 Å². The maximum atomic E-state index is 12.1. The molecule has 0 saturated heterocycles. The number of aryl methyl sites for hydroxylation is 2. The zero-order valence-corrected chi connectivity index (χ0v) is 13.6. The Balaban J connectivity index is 2.66. The summed E-state index contributed by atoms with van der Waals surface area (Å²) in [6.45, 7) is 6.88. The van der Waals surface area contributed by atoms with E-state index in [0.29, 0.717) is 18.3 Å². The molecule has 0 aliphatic carbocycles. The average molecular weight is 301 g/mol. The highest BCUT2D eigenvalue weighted by molar-refractivity contribution is 5.66. The number of hydrogen-bond acceptors (Lipinski definition) is 5. The van der Waals surface area contributed by atoms with Crippen LogP contribution in [0.5, 0.6) is 0 Å². The first kappa shape index (κ1) is 16.2. The fourth-order valence-electron chi connectivity index (χ4n) is 2.43. The molecule has 0 saturated carbocycles. The Bertz CT molecular complexity index is 686. The molecule has 1 heterocycles. The fraction of sp³-hybridized carbons (Fsp3) is 0.438. The summed E-state index contributed by atoms with van der Waals surface area (Å²) in [6, 6.07) is 6.22. The third-order valence-corrected chi connectivity index (χ3v) is 3.62. The van der Waals surface area contributed by atoms with E-state index in [1.807, 2.05) is 6.92 Å².